The Morgan fingerprint density at radius 2 is 1.82 bits per heavy atom. The van der Waals surface area contributed by atoms with Crippen LogP contribution in [0.1, 0.15) is 43.0 Å². The van der Waals surface area contributed by atoms with Crippen LogP contribution in [0.15, 0.2) is 48.0 Å². The molecular formula is C26H31NO6. The summed E-state index contributed by atoms with van der Waals surface area (Å²) in [5, 5.41) is 11.3. The smallest absolute Gasteiger partial charge is 0.295 e. The average molecular weight is 454 g/mol. The molecule has 176 valence electrons. The van der Waals surface area contributed by atoms with Crippen molar-refractivity contribution in [2.24, 2.45) is 0 Å². The number of amides is 1. The summed E-state index contributed by atoms with van der Waals surface area (Å²) >= 11 is 0. The number of nitrogens with zero attached hydrogens (tertiary/aromatic N) is 1. The van der Waals surface area contributed by atoms with Gasteiger partial charge in [0.2, 0.25) is 0 Å². The molecule has 1 amide bonds. The standard InChI is InChI=1S/C26H31NO6/c1-16(2)33-14-8-13-27-23(19-10-7-6-9-17(19)3)22(25(29)26(27)30)24(28)20-12-11-18(31-4)15-21(20)32-5/h6-7,9-12,15-16,23,28H,8,13-14H2,1-5H3/b24-22+. The predicted octanol–water partition coefficient (Wildman–Crippen LogP) is 4.25. The molecule has 2 aromatic carbocycles. The molecule has 0 saturated carbocycles. The second-order valence-electron chi connectivity index (χ2n) is 8.19. The highest BCUT2D eigenvalue weighted by molar-refractivity contribution is 6.46. The maximum atomic E-state index is 13.2. The summed E-state index contributed by atoms with van der Waals surface area (Å²) in [7, 11) is 3.00. The lowest BCUT2D eigenvalue weighted by molar-refractivity contribution is -0.140. The molecule has 1 aliphatic heterocycles. The summed E-state index contributed by atoms with van der Waals surface area (Å²) in [6, 6.07) is 11.7. The molecule has 1 saturated heterocycles. The maximum absolute atomic E-state index is 13.2. The number of aryl methyl sites for hydroxylation is 1. The van der Waals surface area contributed by atoms with Crippen LogP contribution in [-0.4, -0.2) is 55.2 Å². The van der Waals surface area contributed by atoms with Gasteiger partial charge in [-0.2, -0.15) is 0 Å². The van der Waals surface area contributed by atoms with Crippen molar-refractivity contribution in [3.8, 4) is 11.5 Å². The fourth-order valence-electron chi connectivity index (χ4n) is 4.02. The molecule has 0 aliphatic carbocycles. The molecule has 0 spiro atoms. The molecule has 33 heavy (non-hydrogen) atoms. The molecule has 2 aromatic rings. The maximum Gasteiger partial charge on any atom is 0.295 e. The fraction of sp³-hybridized carbons (Fsp3) is 0.385. The molecule has 0 radical (unpaired) electrons. The zero-order chi connectivity index (χ0) is 24.1. The summed E-state index contributed by atoms with van der Waals surface area (Å²) in [5.74, 6) is -0.747. The third-order valence-corrected chi connectivity index (χ3v) is 5.68. The van der Waals surface area contributed by atoms with Crippen LogP contribution in [0.3, 0.4) is 0 Å². The molecule has 7 nitrogen and oxygen atoms in total. The first kappa shape index (κ1) is 24.3. The molecule has 7 heteroatoms. The molecular weight excluding hydrogens is 422 g/mol. The number of aliphatic hydroxyl groups is 1. The van der Waals surface area contributed by atoms with Gasteiger partial charge in [-0.25, -0.2) is 0 Å². The Labute approximate surface area is 194 Å². The van der Waals surface area contributed by atoms with Crippen molar-refractivity contribution in [2.75, 3.05) is 27.4 Å². The van der Waals surface area contributed by atoms with E-state index in [0.717, 1.165) is 11.1 Å². The van der Waals surface area contributed by atoms with Crippen molar-refractivity contribution in [1.29, 1.82) is 0 Å². The Morgan fingerprint density at radius 1 is 1.09 bits per heavy atom. The summed E-state index contributed by atoms with van der Waals surface area (Å²) in [4.78, 5) is 27.8. The molecule has 1 fully saturated rings. The highest BCUT2D eigenvalue weighted by Crippen LogP contribution is 2.42. The van der Waals surface area contributed by atoms with Gasteiger partial charge >= 0.3 is 0 Å². The number of hydrogen-bond acceptors (Lipinski definition) is 6. The highest BCUT2D eigenvalue weighted by atomic mass is 16.5. The van der Waals surface area contributed by atoms with Crippen molar-refractivity contribution in [1.82, 2.24) is 4.90 Å². The van der Waals surface area contributed by atoms with Crippen LogP contribution in [0.2, 0.25) is 0 Å². The van der Waals surface area contributed by atoms with Crippen LogP contribution in [0.25, 0.3) is 5.76 Å². The Hall–Kier alpha value is -3.32. The number of Topliss-reactive ketones (excluding diaryl/α,β-unsaturated/α-hetero) is 1. The number of likely N-dealkylation sites (tertiary alicyclic amines) is 1. The molecule has 1 atom stereocenters. The van der Waals surface area contributed by atoms with Crippen LogP contribution in [-0.2, 0) is 14.3 Å². The van der Waals surface area contributed by atoms with E-state index in [1.165, 1.54) is 19.1 Å². The van der Waals surface area contributed by atoms with Gasteiger partial charge in [-0.1, -0.05) is 24.3 Å². The first-order chi connectivity index (χ1) is 15.8. The molecule has 0 bridgehead atoms. The molecule has 1 unspecified atom stereocenters. The number of rotatable bonds is 9. The van der Waals surface area contributed by atoms with Gasteiger partial charge < -0.3 is 24.2 Å². The van der Waals surface area contributed by atoms with Crippen molar-refractivity contribution in [2.45, 2.75) is 39.3 Å². The number of methoxy groups -OCH3 is 2. The van der Waals surface area contributed by atoms with Gasteiger partial charge in [0.1, 0.15) is 17.3 Å². The molecule has 1 N–H and O–H groups in total. The Bertz CT molecular complexity index is 1060. The molecule has 0 aromatic heterocycles. The Kier molecular flexibility index (Phi) is 7.76. The van der Waals surface area contributed by atoms with Crippen molar-refractivity contribution >= 4 is 17.4 Å². The second-order valence-corrected chi connectivity index (χ2v) is 8.19. The van der Waals surface area contributed by atoms with Crippen LogP contribution in [0, 0.1) is 6.92 Å². The van der Waals surface area contributed by atoms with E-state index in [4.69, 9.17) is 14.2 Å². The van der Waals surface area contributed by atoms with Crippen LogP contribution >= 0.6 is 0 Å². The van der Waals surface area contributed by atoms with E-state index in [-0.39, 0.29) is 17.4 Å². The number of carbonyl (C=O) groups is 2. The van der Waals surface area contributed by atoms with E-state index in [1.54, 1.807) is 18.2 Å². The van der Waals surface area contributed by atoms with E-state index in [9.17, 15) is 14.7 Å². The number of hydrogen-bond donors (Lipinski definition) is 1. The molecule has 3 rings (SSSR count). The summed E-state index contributed by atoms with van der Waals surface area (Å²) in [6.45, 7) is 6.61. The van der Waals surface area contributed by atoms with Crippen LogP contribution in [0.4, 0.5) is 0 Å². The average Bonchev–Trinajstić information content (AvgIpc) is 3.05. The Morgan fingerprint density at radius 3 is 2.45 bits per heavy atom. The minimum atomic E-state index is -0.719. The fourth-order valence-corrected chi connectivity index (χ4v) is 4.02. The number of carbonyl (C=O) groups excluding carboxylic acids is 2. The highest BCUT2D eigenvalue weighted by Gasteiger charge is 2.46. The number of ether oxygens (including phenoxy) is 3. The third-order valence-electron chi connectivity index (χ3n) is 5.68. The second kappa shape index (κ2) is 10.5. The van der Waals surface area contributed by atoms with Gasteiger partial charge in [-0.15, -0.1) is 0 Å². The van der Waals surface area contributed by atoms with Gasteiger partial charge in [0.25, 0.3) is 11.7 Å². The summed E-state index contributed by atoms with van der Waals surface area (Å²) < 4.78 is 16.3. The first-order valence-electron chi connectivity index (χ1n) is 11.0. The van der Waals surface area contributed by atoms with E-state index in [0.29, 0.717) is 36.6 Å². The summed E-state index contributed by atoms with van der Waals surface area (Å²) in [5.41, 5.74) is 2.07. The normalized spacial score (nSPS) is 17.6. The van der Waals surface area contributed by atoms with Crippen molar-refractivity contribution < 1.29 is 28.9 Å². The quantitative estimate of drug-likeness (QED) is 0.264. The SMILES string of the molecule is COc1ccc(/C(O)=C2\C(=O)C(=O)N(CCCOC(C)C)C2c2ccccc2C)c(OC)c1. The number of benzene rings is 2. The van der Waals surface area contributed by atoms with Crippen molar-refractivity contribution in [3.63, 3.8) is 0 Å². The van der Waals surface area contributed by atoms with Gasteiger partial charge in [0.05, 0.1) is 37.5 Å². The first-order valence-corrected chi connectivity index (χ1v) is 11.0. The lowest BCUT2D eigenvalue weighted by atomic mass is 9.92. The number of ketones is 1. The topological polar surface area (TPSA) is 85.3 Å². The van der Waals surface area contributed by atoms with E-state index in [1.807, 2.05) is 45.0 Å². The van der Waals surface area contributed by atoms with E-state index < -0.39 is 17.7 Å². The Balaban J connectivity index is 2.11. The lowest BCUT2D eigenvalue weighted by Crippen LogP contribution is -2.31. The minimum Gasteiger partial charge on any atom is -0.507 e. The zero-order valence-electron chi connectivity index (χ0n) is 19.8. The van der Waals surface area contributed by atoms with E-state index in [2.05, 4.69) is 0 Å². The van der Waals surface area contributed by atoms with Crippen molar-refractivity contribution in [3.05, 3.63) is 64.7 Å². The van der Waals surface area contributed by atoms with Crippen LogP contribution in [0.5, 0.6) is 11.5 Å². The third kappa shape index (κ3) is 5.03. The van der Waals surface area contributed by atoms with Crippen LogP contribution < -0.4 is 9.47 Å². The number of aliphatic hydroxyl groups excluding tert-OH is 1. The van der Waals surface area contributed by atoms with Gasteiger partial charge in [0.15, 0.2) is 0 Å². The summed E-state index contributed by atoms with van der Waals surface area (Å²) in [6.07, 6.45) is 0.648. The largest absolute Gasteiger partial charge is 0.507 e. The van der Waals surface area contributed by atoms with Gasteiger partial charge in [-0.05, 0) is 50.5 Å². The molecule has 1 aliphatic rings. The van der Waals surface area contributed by atoms with E-state index >= 15 is 0 Å². The molecule has 1 heterocycles. The lowest BCUT2D eigenvalue weighted by Gasteiger charge is -2.26. The monoisotopic (exact) mass is 453 g/mol. The minimum absolute atomic E-state index is 0.0440. The van der Waals surface area contributed by atoms with Gasteiger partial charge in [-0.3, -0.25) is 9.59 Å². The van der Waals surface area contributed by atoms with Gasteiger partial charge in [0, 0.05) is 19.2 Å². The predicted molar refractivity (Wildman–Crippen MR) is 125 cm³/mol. The zero-order valence-corrected chi connectivity index (χ0v) is 19.8.